The van der Waals surface area contributed by atoms with Crippen molar-refractivity contribution in [2.45, 2.75) is 45.4 Å². The predicted molar refractivity (Wildman–Crippen MR) is 86.4 cm³/mol. The van der Waals surface area contributed by atoms with Crippen LogP contribution in [0.2, 0.25) is 0 Å². The van der Waals surface area contributed by atoms with Crippen LogP contribution in [0.25, 0.3) is 0 Å². The maximum Gasteiger partial charge on any atom is 0.137 e. The minimum atomic E-state index is 0.156. The summed E-state index contributed by atoms with van der Waals surface area (Å²) in [6.45, 7) is 6.59. The molecule has 2 aromatic rings. The third-order valence-corrected chi connectivity index (χ3v) is 3.64. The molecule has 1 heterocycles. The topological polar surface area (TPSA) is 30.0 Å². The molecule has 1 aromatic carbocycles. The molecule has 0 aliphatic carbocycles. The Labute approximate surface area is 127 Å². The number of carbonyl (C=O) groups is 1. The Morgan fingerprint density at radius 2 is 1.76 bits per heavy atom. The Hall–Kier alpha value is -1.96. The van der Waals surface area contributed by atoms with Crippen LogP contribution in [0.15, 0.2) is 48.8 Å². The van der Waals surface area contributed by atoms with Crippen LogP contribution in [0.1, 0.15) is 43.9 Å². The van der Waals surface area contributed by atoms with Gasteiger partial charge >= 0.3 is 0 Å². The number of aromatic nitrogens is 1. The Bertz CT molecular complexity index is 579. The van der Waals surface area contributed by atoms with E-state index in [9.17, 15) is 4.79 Å². The van der Waals surface area contributed by atoms with Crippen molar-refractivity contribution >= 4 is 5.78 Å². The van der Waals surface area contributed by atoms with Gasteiger partial charge in [-0.3, -0.25) is 9.78 Å². The largest absolute Gasteiger partial charge is 0.299 e. The van der Waals surface area contributed by atoms with Crippen molar-refractivity contribution in [1.82, 2.24) is 4.98 Å². The Balaban J connectivity index is 1.88. The summed E-state index contributed by atoms with van der Waals surface area (Å²) in [7, 11) is 0. The summed E-state index contributed by atoms with van der Waals surface area (Å²) in [5.41, 5.74) is 3.67. The van der Waals surface area contributed by atoms with E-state index < -0.39 is 0 Å². The normalized spacial score (nSPS) is 11.4. The molecular weight excluding hydrogens is 258 g/mol. The van der Waals surface area contributed by atoms with Gasteiger partial charge < -0.3 is 0 Å². The average Bonchev–Trinajstić information content (AvgIpc) is 2.46. The quantitative estimate of drug-likeness (QED) is 0.825. The second-order valence-corrected chi connectivity index (χ2v) is 6.52. The zero-order valence-electron chi connectivity index (χ0n) is 13.1. The van der Waals surface area contributed by atoms with Crippen LogP contribution in [0.4, 0.5) is 0 Å². The van der Waals surface area contributed by atoms with Gasteiger partial charge in [-0.2, -0.15) is 0 Å². The van der Waals surface area contributed by atoms with Gasteiger partial charge in [0.15, 0.2) is 0 Å². The molecule has 0 atom stereocenters. The maximum absolute atomic E-state index is 12.0. The zero-order valence-corrected chi connectivity index (χ0v) is 13.1. The van der Waals surface area contributed by atoms with Crippen LogP contribution in [0, 0.1) is 0 Å². The van der Waals surface area contributed by atoms with Gasteiger partial charge in [-0.1, -0.05) is 51.1 Å². The van der Waals surface area contributed by atoms with Crippen LogP contribution in [-0.4, -0.2) is 10.8 Å². The molecule has 0 radical (unpaired) electrons. The molecule has 0 spiro atoms. The van der Waals surface area contributed by atoms with Gasteiger partial charge in [0, 0.05) is 25.2 Å². The van der Waals surface area contributed by atoms with E-state index in [-0.39, 0.29) is 11.2 Å². The van der Waals surface area contributed by atoms with Gasteiger partial charge in [0.1, 0.15) is 5.78 Å². The summed E-state index contributed by atoms with van der Waals surface area (Å²) in [4.78, 5) is 16.1. The van der Waals surface area contributed by atoms with E-state index in [0.29, 0.717) is 12.8 Å². The summed E-state index contributed by atoms with van der Waals surface area (Å²) in [6.07, 6.45) is 5.44. The first kappa shape index (κ1) is 15.4. The molecule has 0 aliphatic rings. The highest BCUT2D eigenvalue weighted by atomic mass is 16.1. The number of ketones is 1. The number of aryl methyl sites for hydroxylation is 1. The second-order valence-electron chi connectivity index (χ2n) is 6.52. The van der Waals surface area contributed by atoms with Crippen LogP contribution >= 0.6 is 0 Å². The predicted octanol–water partition coefficient (Wildman–Crippen LogP) is 4.12. The first-order valence-corrected chi connectivity index (χ1v) is 7.45. The van der Waals surface area contributed by atoms with Crippen molar-refractivity contribution in [2.24, 2.45) is 0 Å². The van der Waals surface area contributed by atoms with Crippen LogP contribution in [0.5, 0.6) is 0 Å². The summed E-state index contributed by atoms with van der Waals surface area (Å²) in [5.74, 6) is 0.280. The van der Waals surface area contributed by atoms with E-state index in [0.717, 1.165) is 17.5 Å². The molecule has 0 N–H and O–H groups in total. The molecule has 2 heteroatoms. The Kier molecular flexibility index (Phi) is 4.89. The molecule has 110 valence electrons. The van der Waals surface area contributed by atoms with Gasteiger partial charge in [-0.15, -0.1) is 0 Å². The highest BCUT2D eigenvalue weighted by molar-refractivity contribution is 5.81. The molecule has 0 fully saturated rings. The zero-order chi connectivity index (χ0) is 15.3. The van der Waals surface area contributed by atoms with Crippen LogP contribution < -0.4 is 0 Å². The van der Waals surface area contributed by atoms with Crippen LogP contribution in [-0.2, 0) is 23.1 Å². The monoisotopic (exact) mass is 281 g/mol. The fraction of sp³-hybridized carbons (Fsp3) is 0.368. The molecule has 0 saturated carbocycles. The fourth-order valence-electron chi connectivity index (χ4n) is 2.27. The number of hydrogen-bond acceptors (Lipinski definition) is 2. The lowest BCUT2D eigenvalue weighted by atomic mass is 9.86. The van der Waals surface area contributed by atoms with Crippen molar-refractivity contribution in [3.63, 3.8) is 0 Å². The Morgan fingerprint density at radius 3 is 2.33 bits per heavy atom. The highest BCUT2D eigenvalue weighted by Crippen LogP contribution is 2.22. The minimum absolute atomic E-state index is 0.156. The van der Waals surface area contributed by atoms with Crippen molar-refractivity contribution in [3.8, 4) is 0 Å². The number of carbonyl (C=O) groups excluding carboxylic acids is 1. The number of pyridine rings is 1. The van der Waals surface area contributed by atoms with Crippen LogP contribution in [0.3, 0.4) is 0 Å². The standard InChI is InChI=1S/C19H23NO/c1-19(2,3)17-9-6-15(7-10-17)13-18(21)11-8-16-5-4-12-20-14-16/h4-7,9-10,12,14H,8,11,13H2,1-3H3. The summed E-state index contributed by atoms with van der Waals surface area (Å²) >= 11 is 0. The maximum atomic E-state index is 12.0. The second kappa shape index (κ2) is 6.66. The number of Topliss-reactive ketones (excluding diaryl/α,β-unsaturated/α-hetero) is 1. The molecule has 21 heavy (non-hydrogen) atoms. The van der Waals surface area contributed by atoms with E-state index in [4.69, 9.17) is 0 Å². The molecule has 0 bridgehead atoms. The lowest BCUT2D eigenvalue weighted by Crippen LogP contribution is -2.11. The van der Waals surface area contributed by atoms with Crippen molar-refractivity contribution in [3.05, 3.63) is 65.5 Å². The van der Waals surface area contributed by atoms with Gasteiger partial charge in [0.05, 0.1) is 0 Å². The van der Waals surface area contributed by atoms with E-state index in [2.05, 4.69) is 50.0 Å². The summed E-state index contributed by atoms with van der Waals surface area (Å²) < 4.78 is 0. The first-order chi connectivity index (χ1) is 9.95. The summed E-state index contributed by atoms with van der Waals surface area (Å²) in [5, 5.41) is 0. The minimum Gasteiger partial charge on any atom is -0.299 e. The fourth-order valence-corrected chi connectivity index (χ4v) is 2.27. The molecular formula is C19H23NO. The highest BCUT2D eigenvalue weighted by Gasteiger charge is 2.13. The van der Waals surface area contributed by atoms with Crippen molar-refractivity contribution in [2.75, 3.05) is 0 Å². The van der Waals surface area contributed by atoms with E-state index in [1.807, 2.05) is 18.3 Å². The lowest BCUT2D eigenvalue weighted by Gasteiger charge is -2.19. The molecule has 0 saturated heterocycles. The van der Waals surface area contributed by atoms with Gasteiger partial charge in [0.25, 0.3) is 0 Å². The number of hydrogen-bond donors (Lipinski definition) is 0. The first-order valence-electron chi connectivity index (χ1n) is 7.45. The van der Waals surface area contributed by atoms with Crippen molar-refractivity contribution in [1.29, 1.82) is 0 Å². The molecule has 0 amide bonds. The molecule has 1 aromatic heterocycles. The lowest BCUT2D eigenvalue weighted by molar-refractivity contribution is -0.118. The number of rotatable bonds is 5. The third-order valence-electron chi connectivity index (χ3n) is 3.64. The molecule has 0 unspecified atom stereocenters. The third kappa shape index (κ3) is 4.82. The van der Waals surface area contributed by atoms with E-state index >= 15 is 0 Å². The number of benzene rings is 1. The summed E-state index contributed by atoms with van der Waals surface area (Å²) in [6, 6.07) is 12.3. The van der Waals surface area contributed by atoms with E-state index in [1.165, 1.54) is 5.56 Å². The molecule has 2 rings (SSSR count). The number of nitrogens with zero attached hydrogens (tertiary/aromatic N) is 1. The Morgan fingerprint density at radius 1 is 1.05 bits per heavy atom. The van der Waals surface area contributed by atoms with Crippen molar-refractivity contribution < 1.29 is 4.79 Å². The van der Waals surface area contributed by atoms with Gasteiger partial charge in [-0.25, -0.2) is 0 Å². The van der Waals surface area contributed by atoms with Gasteiger partial charge in [-0.05, 0) is 34.6 Å². The SMILES string of the molecule is CC(C)(C)c1ccc(CC(=O)CCc2cccnc2)cc1. The average molecular weight is 281 g/mol. The smallest absolute Gasteiger partial charge is 0.137 e. The molecule has 0 aliphatic heterocycles. The molecule has 2 nitrogen and oxygen atoms in total. The van der Waals surface area contributed by atoms with Gasteiger partial charge in [0.2, 0.25) is 0 Å². The van der Waals surface area contributed by atoms with E-state index in [1.54, 1.807) is 6.20 Å².